The molecule has 0 fully saturated rings. The van der Waals surface area contributed by atoms with Crippen LogP contribution in [-0.2, 0) is 9.13 Å². The molecule has 6 rings (SSSR count). The van der Waals surface area contributed by atoms with Gasteiger partial charge in [-0.2, -0.15) is 0 Å². The van der Waals surface area contributed by atoms with Gasteiger partial charge in [0.2, 0.25) is 0 Å². The fourth-order valence-corrected chi connectivity index (χ4v) is 9.54. The molecule has 0 radical (unpaired) electrons. The second-order valence-electron chi connectivity index (χ2n) is 8.77. The van der Waals surface area contributed by atoms with Gasteiger partial charge in [-0.15, -0.1) is 0 Å². The lowest BCUT2D eigenvalue weighted by Gasteiger charge is -2.32. The molecule has 0 saturated heterocycles. The maximum atomic E-state index is 14.4. The monoisotopic (exact) mass is 552 g/mol. The van der Waals surface area contributed by atoms with Crippen LogP contribution >= 0.6 is 37.9 Å². The van der Waals surface area contributed by atoms with E-state index in [1.165, 1.54) is 0 Å². The van der Waals surface area contributed by atoms with Gasteiger partial charge in [0.25, 0.3) is 14.7 Å². The zero-order chi connectivity index (χ0) is 25.1. The Balaban J connectivity index is 1.41. The summed E-state index contributed by atoms with van der Waals surface area (Å²) in [6, 6.07) is 25.4. The van der Waals surface area contributed by atoms with E-state index >= 15 is 0 Å². The number of allylic oxidation sites excluding steroid dienone is 1. The van der Waals surface area contributed by atoms with E-state index in [0.29, 0.717) is 32.2 Å². The molecule has 0 amide bonds. The lowest BCUT2D eigenvalue weighted by molar-refractivity contribution is 0.486. The molecule has 2 aliphatic heterocycles. The van der Waals surface area contributed by atoms with Crippen molar-refractivity contribution >= 4 is 48.5 Å². The van der Waals surface area contributed by atoms with E-state index < -0.39 is 20.4 Å². The number of halogens is 2. The highest BCUT2D eigenvalue weighted by atomic mass is 35.5. The van der Waals surface area contributed by atoms with E-state index in [1.54, 1.807) is 48.3 Å². The molecule has 0 aromatic heterocycles. The van der Waals surface area contributed by atoms with E-state index in [4.69, 9.17) is 32.2 Å². The van der Waals surface area contributed by atoms with Crippen LogP contribution < -0.4 is 19.7 Å². The van der Waals surface area contributed by atoms with Gasteiger partial charge < -0.3 is 9.05 Å². The van der Waals surface area contributed by atoms with Crippen molar-refractivity contribution in [3.63, 3.8) is 0 Å². The molecule has 36 heavy (non-hydrogen) atoms. The van der Waals surface area contributed by atoms with Crippen LogP contribution in [0.5, 0.6) is 11.5 Å². The minimum absolute atomic E-state index is 0.496. The number of benzene rings is 4. The molecule has 4 aromatic rings. The molecule has 2 heterocycles. The van der Waals surface area contributed by atoms with Crippen molar-refractivity contribution < 1.29 is 18.2 Å². The minimum Gasteiger partial charge on any atom is -0.439 e. The van der Waals surface area contributed by atoms with Crippen LogP contribution in [0.3, 0.4) is 0 Å². The molecule has 4 aromatic carbocycles. The minimum atomic E-state index is -3.46. The smallest absolute Gasteiger partial charge is 0.300 e. The first-order chi connectivity index (χ1) is 17.3. The number of fused-ring (bicyclic) bond motifs is 6. The van der Waals surface area contributed by atoms with E-state index in [9.17, 15) is 9.13 Å². The average molecular weight is 553 g/mol. The Labute approximate surface area is 219 Å². The summed E-state index contributed by atoms with van der Waals surface area (Å²) < 4.78 is 40.8. The van der Waals surface area contributed by atoms with Crippen LogP contribution in [0.25, 0.3) is 22.3 Å². The number of rotatable bonds is 3. The van der Waals surface area contributed by atoms with Crippen LogP contribution in [-0.4, -0.2) is 5.66 Å². The normalized spacial score (nSPS) is 22.4. The van der Waals surface area contributed by atoms with Gasteiger partial charge in [-0.05, 0) is 66.6 Å². The molecule has 0 N–H and O–H groups in total. The highest BCUT2D eigenvalue weighted by Crippen LogP contribution is 2.60. The van der Waals surface area contributed by atoms with Gasteiger partial charge in [0.05, 0.1) is 16.3 Å². The van der Waals surface area contributed by atoms with Gasteiger partial charge >= 0.3 is 0 Å². The lowest BCUT2D eigenvalue weighted by Crippen LogP contribution is -2.23. The van der Waals surface area contributed by atoms with E-state index in [0.717, 1.165) is 22.3 Å². The summed E-state index contributed by atoms with van der Waals surface area (Å²) in [6.07, 6.45) is 1.69. The zero-order valence-corrected chi connectivity index (χ0v) is 22.4. The standard InChI is InChI=1S/C28H20Cl2O4P2/c1-18(36(32)28-9-5-3-7-22(28)24-17-20(30)11-13-26(24)34-36)14-15-35(31)27-8-4-2-6-21(27)23-16-19(29)10-12-25(23)33-35/h2-18H,1H3/b15-14+. The maximum Gasteiger partial charge on any atom is 0.300 e. The fraction of sp³-hybridized carbons (Fsp3) is 0.0714. The van der Waals surface area contributed by atoms with Gasteiger partial charge in [-0.25, -0.2) is 0 Å². The Morgan fingerprint density at radius 2 is 1.22 bits per heavy atom. The molecule has 0 spiro atoms. The predicted molar refractivity (Wildman–Crippen MR) is 148 cm³/mol. The highest BCUT2D eigenvalue weighted by molar-refractivity contribution is 7.71. The van der Waals surface area contributed by atoms with Gasteiger partial charge in [-0.1, -0.05) is 65.7 Å². The van der Waals surface area contributed by atoms with Crippen LogP contribution in [0.2, 0.25) is 10.0 Å². The molecule has 0 aliphatic carbocycles. The van der Waals surface area contributed by atoms with Crippen LogP contribution in [0, 0.1) is 0 Å². The Morgan fingerprint density at radius 1 is 0.694 bits per heavy atom. The Morgan fingerprint density at radius 3 is 1.86 bits per heavy atom. The van der Waals surface area contributed by atoms with E-state index in [-0.39, 0.29) is 0 Å². The van der Waals surface area contributed by atoms with Crippen molar-refractivity contribution in [2.45, 2.75) is 12.6 Å². The predicted octanol–water partition coefficient (Wildman–Crippen LogP) is 8.52. The van der Waals surface area contributed by atoms with Crippen molar-refractivity contribution in [2.75, 3.05) is 0 Å². The van der Waals surface area contributed by atoms with Gasteiger partial charge in [0.15, 0.2) is 0 Å². The summed E-state index contributed by atoms with van der Waals surface area (Å²) in [6.45, 7) is 1.81. The molecule has 0 bridgehead atoms. The summed E-state index contributed by atoms with van der Waals surface area (Å²) in [5.41, 5.74) is 2.64. The molecule has 2 aliphatic rings. The topological polar surface area (TPSA) is 52.6 Å². The lowest BCUT2D eigenvalue weighted by atomic mass is 10.0. The second-order valence-corrected chi connectivity index (χ2v) is 14.5. The molecule has 180 valence electrons. The molecule has 3 atom stereocenters. The first-order valence-corrected chi connectivity index (χ1v) is 15.5. The summed E-state index contributed by atoms with van der Waals surface area (Å²) >= 11 is 12.4. The first-order valence-electron chi connectivity index (χ1n) is 11.4. The molecule has 0 saturated carbocycles. The van der Waals surface area contributed by atoms with Gasteiger partial charge in [0, 0.05) is 27.0 Å². The summed E-state index contributed by atoms with van der Waals surface area (Å²) in [5.74, 6) is 2.56. The third kappa shape index (κ3) is 3.76. The Bertz CT molecular complexity index is 1660. The molecular formula is C28H20Cl2O4P2. The molecule has 3 unspecified atom stereocenters. The van der Waals surface area contributed by atoms with Crippen LogP contribution in [0.15, 0.2) is 96.8 Å². The Kier molecular flexibility index (Phi) is 5.70. The molecule has 4 nitrogen and oxygen atoms in total. The van der Waals surface area contributed by atoms with Crippen LogP contribution in [0.4, 0.5) is 0 Å². The summed E-state index contributed by atoms with van der Waals surface area (Å²) in [5, 5.41) is 2.33. The van der Waals surface area contributed by atoms with Crippen molar-refractivity contribution in [3.05, 3.63) is 107 Å². The second kappa shape index (κ2) is 8.68. The highest BCUT2D eigenvalue weighted by Gasteiger charge is 2.41. The Hall–Kier alpha value is -2.74. The molecular weight excluding hydrogens is 533 g/mol. The maximum absolute atomic E-state index is 14.4. The number of hydrogen-bond acceptors (Lipinski definition) is 4. The van der Waals surface area contributed by atoms with E-state index in [2.05, 4.69) is 0 Å². The van der Waals surface area contributed by atoms with Gasteiger partial charge in [-0.3, -0.25) is 9.13 Å². The van der Waals surface area contributed by atoms with Crippen LogP contribution in [0.1, 0.15) is 6.92 Å². The summed E-state index contributed by atoms with van der Waals surface area (Å²) in [7, 11) is -6.88. The molecule has 8 heteroatoms. The third-order valence-electron chi connectivity index (χ3n) is 6.51. The quantitative estimate of drug-likeness (QED) is 0.239. The average Bonchev–Trinajstić information content (AvgIpc) is 2.89. The van der Waals surface area contributed by atoms with Crippen molar-refractivity contribution in [3.8, 4) is 33.8 Å². The zero-order valence-electron chi connectivity index (χ0n) is 19.1. The SMILES string of the molecule is CC(/C=C/P1(=O)Oc2ccc(Cl)cc2-c2ccccc21)P1(=O)Oc2ccc(Cl)cc2-c2ccccc21. The van der Waals surface area contributed by atoms with Crippen molar-refractivity contribution in [2.24, 2.45) is 0 Å². The fourth-order valence-electron chi connectivity index (χ4n) is 4.69. The van der Waals surface area contributed by atoms with Crippen molar-refractivity contribution in [1.29, 1.82) is 0 Å². The largest absolute Gasteiger partial charge is 0.439 e. The van der Waals surface area contributed by atoms with E-state index in [1.807, 2.05) is 55.5 Å². The number of hydrogen-bond donors (Lipinski definition) is 0. The summed E-state index contributed by atoms with van der Waals surface area (Å²) in [4.78, 5) is 0. The first kappa shape index (κ1) is 23.6. The van der Waals surface area contributed by atoms with Crippen molar-refractivity contribution in [1.82, 2.24) is 0 Å². The van der Waals surface area contributed by atoms with Gasteiger partial charge in [0.1, 0.15) is 11.5 Å². The third-order valence-corrected chi connectivity index (χ3v) is 11.8.